The van der Waals surface area contributed by atoms with Crippen LogP contribution in [0.2, 0.25) is 0 Å². The summed E-state index contributed by atoms with van der Waals surface area (Å²) in [5.41, 5.74) is 0.860. The maximum atomic E-state index is 13.1. The SMILES string of the molecule is C[C@@H](O)[C@H]1C(=O)N2C(C(=O)OCOC(=O)C(C)(C)C)=C(c3cccc(NC(=O)Nc4ccc[nH]4)c3)C[C@H]12. The first-order valence-corrected chi connectivity index (χ1v) is 11.9. The van der Waals surface area contributed by atoms with Crippen LogP contribution in [0.3, 0.4) is 0 Å². The second kappa shape index (κ2) is 10.1. The number of rotatable bonds is 7. The van der Waals surface area contributed by atoms with Crippen molar-refractivity contribution in [2.45, 2.75) is 46.3 Å². The molecule has 1 saturated heterocycles. The zero-order chi connectivity index (χ0) is 26.9. The number of ether oxygens (including phenoxy) is 2. The van der Waals surface area contributed by atoms with E-state index in [1.165, 1.54) is 11.8 Å². The number of aromatic amines is 1. The van der Waals surface area contributed by atoms with Gasteiger partial charge in [0.1, 0.15) is 11.5 Å². The van der Waals surface area contributed by atoms with E-state index in [1.54, 1.807) is 63.4 Å². The Kier molecular flexibility index (Phi) is 7.08. The van der Waals surface area contributed by atoms with Crippen molar-refractivity contribution in [3.63, 3.8) is 0 Å². The second-order valence-electron chi connectivity index (χ2n) is 10.0. The highest BCUT2D eigenvalue weighted by molar-refractivity contribution is 6.07. The maximum absolute atomic E-state index is 13.1. The zero-order valence-corrected chi connectivity index (χ0v) is 21.0. The first-order valence-electron chi connectivity index (χ1n) is 11.9. The smallest absolute Gasteiger partial charge is 0.358 e. The number of fused-ring (bicyclic) bond motifs is 1. The summed E-state index contributed by atoms with van der Waals surface area (Å²) in [4.78, 5) is 54.5. The van der Waals surface area contributed by atoms with Gasteiger partial charge in [-0.1, -0.05) is 12.1 Å². The molecule has 196 valence electrons. The van der Waals surface area contributed by atoms with Crippen LogP contribution in [0.25, 0.3) is 5.57 Å². The number of nitrogens with one attached hydrogen (secondary N) is 3. The van der Waals surface area contributed by atoms with Gasteiger partial charge >= 0.3 is 18.0 Å². The van der Waals surface area contributed by atoms with Gasteiger partial charge in [0.05, 0.1) is 23.5 Å². The van der Waals surface area contributed by atoms with Gasteiger partial charge in [-0.3, -0.25) is 14.9 Å². The highest BCUT2D eigenvalue weighted by atomic mass is 16.7. The van der Waals surface area contributed by atoms with E-state index in [4.69, 9.17) is 9.47 Å². The molecule has 0 aliphatic carbocycles. The molecule has 37 heavy (non-hydrogen) atoms. The molecule has 0 spiro atoms. The molecule has 3 heterocycles. The highest BCUT2D eigenvalue weighted by Crippen LogP contribution is 2.47. The third-order valence-electron chi connectivity index (χ3n) is 6.23. The summed E-state index contributed by atoms with van der Waals surface area (Å²) < 4.78 is 10.3. The van der Waals surface area contributed by atoms with Gasteiger partial charge in [0.15, 0.2) is 0 Å². The fourth-order valence-corrected chi connectivity index (χ4v) is 4.42. The number of esters is 2. The quantitative estimate of drug-likeness (QED) is 0.254. The molecule has 2 aliphatic heterocycles. The molecule has 11 heteroatoms. The number of aromatic nitrogens is 1. The summed E-state index contributed by atoms with van der Waals surface area (Å²) in [6, 6.07) is 9.42. The van der Waals surface area contributed by atoms with Gasteiger partial charge < -0.3 is 29.8 Å². The number of aliphatic hydroxyl groups is 1. The molecular formula is C26H30N4O7. The molecule has 1 aromatic heterocycles. The number of aliphatic hydroxyl groups excluding tert-OH is 1. The molecule has 0 saturated carbocycles. The fourth-order valence-electron chi connectivity index (χ4n) is 4.42. The van der Waals surface area contributed by atoms with Crippen LogP contribution in [0.5, 0.6) is 0 Å². The summed E-state index contributed by atoms with van der Waals surface area (Å²) in [6.07, 6.45) is 1.10. The van der Waals surface area contributed by atoms with Crippen LogP contribution in [0.4, 0.5) is 16.3 Å². The number of carbonyl (C=O) groups excluding carboxylic acids is 4. The lowest BCUT2D eigenvalue weighted by Crippen LogP contribution is -2.61. The van der Waals surface area contributed by atoms with Crippen molar-refractivity contribution in [2.75, 3.05) is 17.4 Å². The third-order valence-corrected chi connectivity index (χ3v) is 6.23. The van der Waals surface area contributed by atoms with Crippen LogP contribution >= 0.6 is 0 Å². The van der Waals surface area contributed by atoms with E-state index < -0.39 is 48.2 Å². The topological polar surface area (TPSA) is 150 Å². The molecule has 0 bridgehead atoms. The average molecular weight is 511 g/mol. The minimum Gasteiger partial charge on any atom is -0.427 e. The Bertz CT molecular complexity index is 1240. The Balaban J connectivity index is 1.56. The average Bonchev–Trinajstić information content (AvgIpc) is 3.44. The summed E-state index contributed by atoms with van der Waals surface area (Å²) in [6.45, 7) is 5.96. The zero-order valence-electron chi connectivity index (χ0n) is 21.0. The van der Waals surface area contributed by atoms with E-state index in [1.807, 2.05) is 0 Å². The summed E-state index contributed by atoms with van der Waals surface area (Å²) >= 11 is 0. The van der Waals surface area contributed by atoms with Crippen LogP contribution < -0.4 is 10.6 Å². The Morgan fingerprint density at radius 2 is 1.92 bits per heavy atom. The Morgan fingerprint density at radius 1 is 1.16 bits per heavy atom. The van der Waals surface area contributed by atoms with Crippen LogP contribution in [-0.2, 0) is 23.9 Å². The lowest BCUT2D eigenvalue weighted by Gasteiger charge is -2.44. The van der Waals surface area contributed by atoms with Crippen LogP contribution in [0.1, 0.15) is 39.7 Å². The van der Waals surface area contributed by atoms with E-state index in [-0.39, 0.29) is 11.6 Å². The van der Waals surface area contributed by atoms with Gasteiger partial charge in [0.25, 0.3) is 0 Å². The molecule has 11 nitrogen and oxygen atoms in total. The number of urea groups is 1. The number of carbonyl (C=O) groups is 4. The van der Waals surface area contributed by atoms with E-state index in [0.29, 0.717) is 29.1 Å². The number of H-pyrrole nitrogens is 1. The second-order valence-corrected chi connectivity index (χ2v) is 10.0. The molecule has 4 rings (SSSR count). The molecule has 2 aromatic rings. The number of hydrogen-bond donors (Lipinski definition) is 4. The molecule has 4 N–H and O–H groups in total. The van der Waals surface area contributed by atoms with Gasteiger partial charge in [0.2, 0.25) is 12.7 Å². The number of amides is 3. The van der Waals surface area contributed by atoms with Gasteiger partial charge in [-0.25, -0.2) is 9.59 Å². The number of hydrogen-bond acceptors (Lipinski definition) is 7. The Hall–Kier alpha value is -4.12. The van der Waals surface area contributed by atoms with Crippen LogP contribution in [0.15, 0.2) is 48.3 Å². The van der Waals surface area contributed by atoms with Crippen molar-refractivity contribution in [3.05, 3.63) is 53.9 Å². The summed E-state index contributed by atoms with van der Waals surface area (Å²) in [7, 11) is 0. The lowest BCUT2D eigenvalue weighted by molar-refractivity contribution is -0.175. The molecule has 3 amide bonds. The molecule has 2 aliphatic rings. The highest BCUT2D eigenvalue weighted by Gasteiger charge is 2.57. The fraction of sp³-hybridized carbons (Fsp3) is 0.385. The van der Waals surface area contributed by atoms with Gasteiger partial charge in [0, 0.05) is 11.9 Å². The molecule has 3 atom stereocenters. The Labute approximate surface area is 213 Å². The number of anilines is 2. The monoisotopic (exact) mass is 510 g/mol. The van der Waals surface area contributed by atoms with Gasteiger partial charge in [-0.05, 0) is 69.5 Å². The van der Waals surface area contributed by atoms with Crippen molar-refractivity contribution >= 4 is 41.0 Å². The molecule has 0 unspecified atom stereocenters. The molecule has 1 fully saturated rings. The summed E-state index contributed by atoms with van der Waals surface area (Å²) in [5.74, 6) is -1.86. The van der Waals surface area contributed by atoms with E-state index >= 15 is 0 Å². The van der Waals surface area contributed by atoms with E-state index in [9.17, 15) is 24.3 Å². The minimum atomic E-state index is -0.886. The number of benzene rings is 1. The predicted molar refractivity (Wildman–Crippen MR) is 134 cm³/mol. The molecule has 0 radical (unpaired) electrons. The number of β-lactam (4-membered cyclic amide) rings is 1. The van der Waals surface area contributed by atoms with Crippen LogP contribution in [0, 0.1) is 11.3 Å². The van der Waals surface area contributed by atoms with Crippen LogP contribution in [-0.4, -0.2) is 57.8 Å². The third kappa shape index (κ3) is 5.36. The maximum Gasteiger partial charge on any atom is 0.358 e. The number of nitrogens with zero attached hydrogens (tertiary/aromatic N) is 1. The van der Waals surface area contributed by atoms with Crippen molar-refractivity contribution in [1.29, 1.82) is 0 Å². The molecule has 1 aromatic carbocycles. The summed E-state index contributed by atoms with van der Waals surface area (Å²) in [5, 5.41) is 15.5. The van der Waals surface area contributed by atoms with Crippen molar-refractivity contribution in [1.82, 2.24) is 9.88 Å². The largest absolute Gasteiger partial charge is 0.427 e. The van der Waals surface area contributed by atoms with Gasteiger partial charge in [-0.2, -0.15) is 0 Å². The van der Waals surface area contributed by atoms with Gasteiger partial charge in [-0.15, -0.1) is 0 Å². The first kappa shape index (κ1) is 26.0. The Morgan fingerprint density at radius 3 is 2.57 bits per heavy atom. The predicted octanol–water partition coefficient (Wildman–Crippen LogP) is 3.07. The first-order chi connectivity index (χ1) is 17.5. The van der Waals surface area contributed by atoms with Crippen molar-refractivity contribution < 1.29 is 33.8 Å². The lowest BCUT2D eigenvalue weighted by atomic mass is 9.82. The van der Waals surface area contributed by atoms with Crippen molar-refractivity contribution in [2.24, 2.45) is 11.3 Å². The normalized spacial score (nSPS) is 19.6. The van der Waals surface area contributed by atoms with E-state index in [2.05, 4.69) is 15.6 Å². The molecular weight excluding hydrogens is 480 g/mol. The standard InChI is InChI=1S/C26H30N4O7/c1-14(31)20-18-12-17(15-7-5-8-16(11-15)28-25(35)29-19-9-6-10-27-19)21(30(18)22(20)32)23(33)36-13-37-24(34)26(2,3)4/h5-11,14,18,20,27,31H,12-13H2,1-4H3,(H2,28,29,35)/t14-,18-,20-/m1/s1. The van der Waals surface area contributed by atoms with Crippen molar-refractivity contribution in [3.8, 4) is 0 Å². The van der Waals surface area contributed by atoms with E-state index in [0.717, 1.165) is 0 Å². The minimum absolute atomic E-state index is 0.0340.